The van der Waals surface area contributed by atoms with Gasteiger partial charge in [0.1, 0.15) is 0 Å². The first-order valence-electron chi connectivity index (χ1n) is 7.09. The van der Waals surface area contributed by atoms with Crippen LogP contribution in [0.4, 0.5) is 0 Å². The zero-order chi connectivity index (χ0) is 17.7. The van der Waals surface area contributed by atoms with Gasteiger partial charge in [0, 0.05) is 25.2 Å². The highest BCUT2D eigenvalue weighted by molar-refractivity contribution is 6.23. The third-order valence-electron chi connectivity index (χ3n) is 2.63. The van der Waals surface area contributed by atoms with Gasteiger partial charge in [0.15, 0.2) is 11.6 Å². The lowest BCUT2D eigenvalue weighted by Gasteiger charge is -2.38. The van der Waals surface area contributed by atoms with Gasteiger partial charge in [0.25, 0.3) is 11.8 Å². The molecule has 0 aromatic rings. The Balaban J connectivity index is 6.28. The van der Waals surface area contributed by atoms with Gasteiger partial charge >= 0.3 is 0 Å². The van der Waals surface area contributed by atoms with Gasteiger partial charge in [-0.15, -0.1) is 0 Å². The van der Waals surface area contributed by atoms with E-state index in [-0.39, 0.29) is 0 Å². The highest BCUT2D eigenvalue weighted by atomic mass is 16.4. The molecule has 3 N–H and O–H groups in total. The lowest BCUT2D eigenvalue weighted by Crippen LogP contribution is -2.74. The molecular formula is C11H18N2O6. The Morgan fingerprint density at radius 1 is 1.05 bits per heavy atom. The van der Waals surface area contributed by atoms with Crippen LogP contribution in [-0.4, -0.2) is 70.8 Å². The molecule has 0 spiro atoms. The monoisotopic (exact) mass is 277 g/mol. The second kappa shape index (κ2) is 5.45. The molecule has 0 aromatic carbocycles. The molecule has 2 unspecified atom stereocenters. The molecule has 0 saturated carbocycles. The fourth-order valence-corrected chi connectivity index (χ4v) is 1.50. The minimum atomic E-state index is -3.50. The Morgan fingerprint density at radius 2 is 1.53 bits per heavy atom. The van der Waals surface area contributed by atoms with E-state index in [1.165, 1.54) is 0 Å². The van der Waals surface area contributed by atoms with E-state index in [4.69, 9.17) is 4.11 Å². The predicted molar refractivity (Wildman–Crippen MR) is 64.0 cm³/mol. The van der Waals surface area contributed by atoms with Gasteiger partial charge < -0.3 is 20.4 Å². The van der Waals surface area contributed by atoms with Gasteiger partial charge in [-0.25, -0.2) is 0 Å². The van der Waals surface area contributed by atoms with Crippen LogP contribution in [0.3, 0.4) is 0 Å². The van der Waals surface area contributed by atoms with Crippen LogP contribution in [0.15, 0.2) is 0 Å². The summed E-state index contributed by atoms with van der Waals surface area (Å²) < 4.78 is 21.0. The molecule has 0 aliphatic rings. The fourth-order valence-electron chi connectivity index (χ4n) is 1.50. The Hall–Kier alpha value is -1.80. The quantitative estimate of drug-likeness (QED) is 0.476. The smallest absolute Gasteiger partial charge is 0.266 e. The summed E-state index contributed by atoms with van der Waals surface area (Å²) in [5, 5.41) is 22.4. The molecule has 0 aliphatic heterocycles. The number of aliphatic hydroxyl groups is 2. The number of carbonyl (C=O) groups excluding carboxylic acids is 4. The number of hydrogen-bond donors (Lipinski definition) is 3. The second-order valence-corrected chi connectivity index (χ2v) is 3.88. The van der Waals surface area contributed by atoms with Crippen molar-refractivity contribution in [2.24, 2.45) is 0 Å². The molecule has 8 heteroatoms. The average Bonchev–Trinajstić information content (AvgIpc) is 2.46. The first-order chi connectivity index (χ1) is 10.0. The number of hydrogen-bond acceptors (Lipinski definition) is 6. The summed E-state index contributed by atoms with van der Waals surface area (Å²) in [7, 11) is -2.46. The summed E-state index contributed by atoms with van der Waals surface area (Å²) in [4.78, 5) is 47.9. The topological polar surface area (TPSA) is 124 Å². The standard InChI is InChI=1S/C11H18N2O6/c1-6(14)10(18,8(16)12-3)11(19,7(2)15)9(17)13(4)5/h18-19H,1-5H3,(H,12,16)/i3D,4D,5D. The Bertz CT molecular complexity index is 484. The van der Waals surface area contributed by atoms with Crippen molar-refractivity contribution in [3.8, 4) is 0 Å². The van der Waals surface area contributed by atoms with E-state index in [0.29, 0.717) is 18.7 Å². The van der Waals surface area contributed by atoms with E-state index in [2.05, 4.69) is 0 Å². The van der Waals surface area contributed by atoms with Gasteiger partial charge in [0.05, 0.1) is 0 Å². The molecule has 0 fully saturated rings. The normalized spacial score (nSPS) is 18.8. The molecule has 0 radical (unpaired) electrons. The van der Waals surface area contributed by atoms with Crippen molar-refractivity contribution in [2.75, 3.05) is 21.1 Å². The van der Waals surface area contributed by atoms with Gasteiger partial charge in [-0.2, -0.15) is 0 Å². The molecule has 0 aliphatic carbocycles. The van der Waals surface area contributed by atoms with Crippen LogP contribution in [0, 0.1) is 0 Å². The molecule has 19 heavy (non-hydrogen) atoms. The average molecular weight is 277 g/mol. The van der Waals surface area contributed by atoms with Gasteiger partial charge in [0.2, 0.25) is 11.2 Å². The van der Waals surface area contributed by atoms with E-state index >= 15 is 0 Å². The molecule has 0 heterocycles. The number of ketones is 2. The van der Waals surface area contributed by atoms with Crippen LogP contribution in [0.25, 0.3) is 0 Å². The third-order valence-corrected chi connectivity index (χ3v) is 2.63. The summed E-state index contributed by atoms with van der Waals surface area (Å²) >= 11 is 0. The largest absolute Gasteiger partial charge is 0.370 e. The molecule has 0 aromatic heterocycles. The van der Waals surface area contributed by atoms with E-state index in [0.717, 1.165) is 0 Å². The summed E-state index contributed by atoms with van der Waals surface area (Å²) in [6.07, 6.45) is 0. The zero-order valence-corrected chi connectivity index (χ0v) is 10.6. The maximum atomic E-state index is 12.2. The Morgan fingerprint density at radius 3 is 1.84 bits per heavy atom. The highest BCUT2D eigenvalue weighted by Crippen LogP contribution is 2.27. The maximum absolute atomic E-state index is 12.2. The van der Waals surface area contributed by atoms with Crippen LogP contribution in [0.1, 0.15) is 18.0 Å². The van der Waals surface area contributed by atoms with Crippen molar-refractivity contribution in [1.82, 2.24) is 10.2 Å². The van der Waals surface area contributed by atoms with Crippen LogP contribution >= 0.6 is 0 Å². The molecule has 0 rings (SSSR count). The summed E-state index contributed by atoms with van der Waals surface area (Å²) in [5.74, 6) is -6.04. The van der Waals surface area contributed by atoms with Crippen LogP contribution in [-0.2, 0) is 19.2 Å². The van der Waals surface area contributed by atoms with Crippen molar-refractivity contribution in [2.45, 2.75) is 25.0 Å². The van der Waals surface area contributed by atoms with Crippen molar-refractivity contribution >= 4 is 23.4 Å². The zero-order valence-electron chi connectivity index (χ0n) is 13.6. The lowest BCUT2D eigenvalue weighted by molar-refractivity contribution is -0.194. The number of amides is 2. The first kappa shape index (κ1) is 12.2. The van der Waals surface area contributed by atoms with Gasteiger partial charge in [-0.3, -0.25) is 19.2 Å². The van der Waals surface area contributed by atoms with Crippen LogP contribution in [0.5, 0.6) is 0 Å². The number of Topliss-reactive ketones (excluding diaryl/α,β-unsaturated/α-hetero) is 2. The molecule has 0 saturated heterocycles. The second-order valence-electron chi connectivity index (χ2n) is 3.88. The van der Waals surface area contributed by atoms with Crippen LogP contribution in [0.2, 0.25) is 0 Å². The van der Waals surface area contributed by atoms with E-state index in [1.54, 1.807) is 5.32 Å². The van der Waals surface area contributed by atoms with E-state index < -0.39 is 55.7 Å². The number of rotatable bonds is 5. The summed E-state index contributed by atoms with van der Waals surface area (Å²) in [6, 6.07) is 0. The minimum Gasteiger partial charge on any atom is -0.370 e. The van der Waals surface area contributed by atoms with Crippen molar-refractivity contribution in [1.29, 1.82) is 0 Å². The van der Waals surface area contributed by atoms with Crippen LogP contribution < -0.4 is 5.32 Å². The maximum Gasteiger partial charge on any atom is 0.266 e. The number of carbonyl (C=O) groups is 4. The lowest BCUT2D eigenvalue weighted by atomic mass is 9.75. The number of nitrogens with one attached hydrogen (secondary N) is 1. The van der Waals surface area contributed by atoms with Gasteiger partial charge in [-0.05, 0) is 13.8 Å². The molecule has 108 valence electrons. The third kappa shape index (κ3) is 2.36. The SMILES string of the molecule is [2H]CNC(=O)C(O)(C(C)=O)C(O)(C(C)=O)C(=O)N(C[2H])C[2H]. The van der Waals surface area contributed by atoms with E-state index in [9.17, 15) is 29.4 Å². The Labute approximate surface area is 114 Å². The minimum absolute atomic E-state index is 0.350. The Kier molecular flexibility index (Phi) is 3.51. The van der Waals surface area contributed by atoms with Crippen molar-refractivity contribution in [3.63, 3.8) is 0 Å². The number of nitrogens with zero attached hydrogens (tertiary/aromatic N) is 1. The summed E-state index contributed by atoms with van der Waals surface area (Å²) in [6.45, 7) is 1.35. The van der Waals surface area contributed by atoms with E-state index in [1.807, 2.05) is 0 Å². The fraction of sp³-hybridized carbons (Fsp3) is 0.636. The van der Waals surface area contributed by atoms with Crippen molar-refractivity contribution in [3.05, 3.63) is 0 Å². The summed E-state index contributed by atoms with van der Waals surface area (Å²) in [5.41, 5.74) is -6.97. The first-order valence-corrected chi connectivity index (χ1v) is 4.97. The molecule has 0 bridgehead atoms. The molecule has 8 nitrogen and oxygen atoms in total. The highest BCUT2D eigenvalue weighted by Gasteiger charge is 2.66. The van der Waals surface area contributed by atoms with Crippen molar-refractivity contribution < 1.29 is 33.5 Å². The van der Waals surface area contributed by atoms with Gasteiger partial charge in [-0.1, -0.05) is 0 Å². The number of likely N-dealkylation sites (N-methyl/N-ethyl adjacent to an activating group) is 2. The molecular weight excluding hydrogens is 256 g/mol. The molecule has 2 atom stereocenters. The molecule has 2 amide bonds. The predicted octanol–water partition coefficient (Wildman–Crippen LogP) is -2.54.